The van der Waals surface area contributed by atoms with Gasteiger partial charge in [-0.15, -0.1) is 0 Å². The minimum Gasteiger partial charge on any atom is -0.454 e. The van der Waals surface area contributed by atoms with E-state index < -0.39 is 0 Å². The minimum absolute atomic E-state index is 0.0753. The molecule has 2 atom stereocenters. The molecule has 0 saturated heterocycles. The highest BCUT2D eigenvalue weighted by atomic mass is 16.7. The summed E-state index contributed by atoms with van der Waals surface area (Å²) < 4.78 is 22.2. The summed E-state index contributed by atoms with van der Waals surface area (Å²) in [5.74, 6) is 3.05. The molecule has 128 valence electrons. The summed E-state index contributed by atoms with van der Waals surface area (Å²) in [6, 6.07) is 9.62. The highest BCUT2D eigenvalue weighted by Crippen LogP contribution is 2.54. The van der Waals surface area contributed by atoms with Gasteiger partial charge in [0.15, 0.2) is 28.8 Å². The third-order valence-electron chi connectivity index (χ3n) is 5.29. The molecule has 2 aromatic rings. The number of rotatable bonds is 2. The maximum atomic E-state index is 13.1. The molecule has 0 fully saturated rings. The van der Waals surface area contributed by atoms with Gasteiger partial charge < -0.3 is 18.9 Å². The van der Waals surface area contributed by atoms with E-state index in [0.717, 1.165) is 28.2 Å². The molecule has 0 aromatic heterocycles. The lowest BCUT2D eigenvalue weighted by atomic mass is 9.79. The van der Waals surface area contributed by atoms with E-state index in [1.54, 1.807) is 0 Å². The predicted molar refractivity (Wildman–Crippen MR) is 89.6 cm³/mol. The molecule has 0 bridgehead atoms. The van der Waals surface area contributed by atoms with Crippen molar-refractivity contribution >= 4 is 5.78 Å². The number of Topliss-reactive ketones (excluding diaryl/α,β-unsaturated/α-hetero) is 1. The van der Waals surface area contributed by atoms with Gasteiger partial charge in [-0.2, -0.15) is 0 Å². The zero-order valence-corrected chi connectivity index (χ0v) is 14.1. The van der Waals surface area contributed by atoms with Gasteiger partial charge in [0, 0.05) is 23.0 Å². The summed E-state index contributed by atoms with van der Waals surface area (Å²) in [6.07, 6.45) is 0. The molecule has 0 radical (unpaired) electrons. The molecule has 5 heteroatoms. The normalized spacial score (nSPS) is 22.6. The Morgan fingerprint density at radius 1 is 0.920 bits per heavy atom. The van der Waals surface area contributed by atoms with Gasteiger partial charge >= 0.3 is 0 Å². The monoisotopic (exact) mass is 338 g/mol. The molecule has 0 saturated carbocycles. The number of hydrogen-bond donors (Lipinski definition) is 0. The lowest BCUT2D eigenvalue weighted by Gasteiger charge is -2.23. The summed E-state index contributed by atoms with van der Waals surface area (Å²) >= 11 is 0. The smallest absolute Gasteiger partial charge is 0.231 e. The van der Waals surface area contributed by atoms with Gasteiger partial charge in [-0.25, -0.2) is 0 Å². The van der Waals surface area contributed by atoms with Crippen LogP contribution in [-0.4, -0.2) is 19.4 Å². The van der Waals surface area contributed by atoms with Gasteiger partial charge in [-0.05, 0) is 35.7 Å². The van der Waals surface area contributed by atoms with Crippen LogP contribution in [-0.2, 0) is 0 Å². The van der Waals surface area contributed by atoms with Gasteiger partial charge in [-0.1, -0.05) is 19.9 Å². The van der Waals surface area contributed by atoms with Crippen LogP contribution in [0, 0.1) is 11.8 Å². The number of hydrogen-bond acceptors (Lipinski definition) is 5. The Balaban J connectivity index is 1.72. The minimum atomic E-state index is -0.133. The zero-order valence-electron chi connectivity index (χ0n) is 14.1. The van der Waals surface area contributed by atoms with Crippen molar-refractivity contribution in [3.63, 3.8) is 0 Å². The highest BCUT2D eigenvalue weighted by Gasteiger charge is 2.45. The van der Waals surface area contributed by atoms with Crippen molar-refractivity contribution in [1.82, 2.24) is 0 Å². The molecule has 5 nitrogen and oxygen atoms in total. The van der Waals surface area contributed by atoms with Crippen molar-refractivity contribution in [3.05, 3.63) is 47.0 Å². The number of fused-ring (bicyclic) bond motifs is 4. The van der Waals surface area contributed by atoms with Crippen LogP contribution in [0.25, 0.3) is 0 Å². The fourth-order valence-electron chi connectivity index (χ4n) is 4.20. The second kappa shape index (κ2) is 5.15. The Labute approximate surface area is 145 Å². The summed E-state index contributed by atoms with van der Waals surface area (Å²) in [5, 5.41) is 0. The highest BCUT2D eigenvalue weighted by molar-refractivity contribution is 6.05. The molecule has 3 aliphatic rings. The first-order valence-electron chi connectivity index (χ1n) is 8.51. The van der Waals surface area contributed by atoms with Crippen molar-refractivity contribution in [1.29, 1.82) is 0 Å². The second-order valence-electron chi connectivity index (χ2n) is 6.99. The van der Waals surface area contributed by atoms with E-state index >= 15 is 0 Å². The van der Waals surface area contributed by atoms with Gasteiger partial charge in [-0.3, -0.25) is 4.79 Å². The van der Waals surface area contributed by atoms with Crippen LogP contribution in [0.15, 0.2) is 30.3 Å². The molecule has 0 spiro atoms. The Morgan fingerprint density at radius 3 is 2.48 bits per heavy atom. The lowest BCUT2D eigenvalue weighted by molar-refractivity contribution is 0.0895. The number of carbonyl (C=O) groups is 1. The Kier molecular flexibility index (Phi) is 3.02. The average Bonchev–Trinajstić information content (AvgIpc) is 3.30. The van der Waals surface area contributed by atoms with E-state index in [1.165, 1.54) is 0 Å². The van der Waals surface area contributed by atoms with Crippen LogP contribution < -0.4 is 18.9 Å². The number of carbonyl (C=O) groups excluding carboxylic acids is 1. The Morgan fingerprint density at radius 2 is 1.64 bits per heavy atom. The zero-order chi connectivity index (χ0) is 17.1. The van der Waals surface area contributed by atoms with E-state index in [-0.39, 0.29) is 37.1 Å². The fourth-order valence-corrected chi connectivity index (χ4v) is 4.20. The third kappa shape index (κ3) is 1.98. The standard InChI is InChI=1S/C20H18O5/c1-10(2)16-17(11-3-5-13-15(7-11)24-8-22-13)18-12(19(16)21)4-6-14-20(18)25-9-23-14/h3-7,10,16-17H,8-9H2,1-2H3/t16-,17-/m0/s1. The third-order valence-corrected chi connectivity index (χ3v) is 5.29. The molecule has 2 heterocycles. The van der Waals surface area contributed by atoms with E-state index in [0.29, 0.717) is 11.5 Å². The van der Waals surface area contributed by atoms with Crippen molar-refractivity contribution in [2.75, 3.05) is 13.6 Å². The molecule has 2 aliphatic heterocycles. The average molecular weight is 338 g/mol. The van der Waals surface area contributed by atoms with Crippen LogP contribution in [0.2, 0.25) is 0 Å². The maximum Gasteiger partial charge on any atom is 0.231 e. The molecule has 0 unspecified atom stereocenters. The van der Waals surface area contributed by atoms with Gasteiger partial charge in [0.25, 0.3) is 0 Å². The van der Waals surface area contributed by atoms with E-state index in [9.17, 15) is 4.79 Å². The first kappa shape index (κ1) is 14.6. The topological polar surface area (TPSA) is 54.0 Å². The van der Waals surface area contributed by atoms with Crippen LogP contribution in [0.3, 0.4) is 0 Å². The first-order valence-corrected chi connectivity index (χ1v) is 8.51. The Hall–Kier alpha value is -2.69. The molecule has 5 rings (SSSR count). The number of ketones is 1. The van der Waals surface area contributed by atoms with Crippen molar-refractivity contribution in [2.24, 2.45) is 11.8 Å². The summed E-state index contributed by atoms with van der Waals surface area (Å²) in [7, 11) is 0. The van der Waals surface area contributed by atoms with Crippen LogP contribution in [0.5, 0.6) is 23.0 Å². The maximum absolute atomic E-state index is 13.1. The number of benzene rings is 2. The summed E-state index contributed by atoms with van der Waals surface area (Å²) in [5.41, 5.74) is 2.72. The summed E-state index contributed by atoms with van der Waals surface area (Å²) in [6.45, 7) is 4.61. The Bertz CT molecular complexity index is 886. The predicted octanol–water partition coefficient (Wildman–Crippen LogP) is 3.74. The van der Waals surface area contributed by atoms with Crippen molar-refractivity contribution in [2.45, 2.75) is 19.8 Å². The fraction of sp³-hybridized carbons (Fsp3) is 0.350. The molecular weight excluding hydrogens is 320 g/mol. The molecule has 2 aromatic carbocycles. The summed E-state index contributed by atoms with van der Waals surface area (Å²) in [4.78, 5) is 13.1. The van der Waals surface area contributed by atoms with Crippen molar-refractivity contribution < 1.29 is 23.7 Å². The van der Waals surface area contributed by atoms with E-state index in [2.05, 4.69) is 13.8 Å². The van der Waals surface area contributed by atoms with Crippen LogP contribution >= 0.6 is 0 Å². The molecule has 0 N–H and O–H groups in total. The molecule has 0 amide bonds. The largest absolute Gasteiger partial charge is 0.454 e. The van der Waals surface area contributed by atoms with Gasteiger partial charge in [0.1, 0.15) is 0 Å². The lowest BCUT2D eigenvalue weighted by Crippen LogP contribution is -2.20. The van der Waals surface area contributed by atoms with Crippen LogP contribution in [0.4, 0.5) is 0 Å². The molecule has 25 heavy (non-hydrogen) atoms. The number of ether oxygens (including phenoxy) is 4. The second-order valence-corrected chi connectivity index (χ2v) is 6.99. The first-order chi connectivity index (χ1) is 12.1. The molecule has 1 aliphatic carbocycles. The van der Waals surface area contributed by atoms with E-state index in [4.69, 9.17) is 18.9 Å². The SMILES string of the molecule is CC(C)[C@@H]1C(=O)c2ccc3c(c2[C@H]1c1ccc2c(c1)OCO2)OCO3. The molecular formula is C20H18O5. The van der Waals surface area contributed by atoms with Crippen molar-refractivity contribution in [3.8, 4) is 23.0 Å². The quantitative estimate of drug-likeness (QED) is 0.835. The van der Waals surface area contributed by atoms with Crippen LogP contribution in [0.1, 0.15) is 41.3 Å². The van der Waals surface area contributed by atoms with E-state index in [1.807, 2.05) is 30.3 Å². The van der Waals surface area contributed by atoms with Gasteiger partial charge in [0.05, 0.1) is 0 Å². The van der Waals surface area contributed by atoms with Gasteiger partial charge in [0.2, 0.25) is 13.6 Å².